The number of nitrogens with one attached hydrogen (secondary N) is 1. The number of amides is 2. The Morgan fingerprint density at radius 2 is 1.65 bits per heavy atom. The molecule has 4 rings (SSSR count). The molecule has 1 aliphatic rings. The molecular formula is C26H25FN2O4S. The Balaban J connectivity index is 1.62. The summed E-state index contributed by atoms with van der Waals surface area (Å²) in [4.78, 5) is 28.6. The van der Waals surface area contributed by atoms with Gasteiger partial charge in [-0.15, -0.1) is 11.8 Å². The number of ether oxygens (including phenoxy) is 2. The van der Waals surface area contributed by atoms with Crippen molar-refractivity contribution in [3.05, 3.63) is 95.3 Å². The SMILES string of the molecule is COc1cc(OC)cc(C(=O)N2C(C(=O)NCc3ccc(F)cc3)CSC2c2ccccc2)c1. The zero-order valence-electron chi connectivity index (χ0n) is 18.9. The number of hydrogen-bond acceptors (Lipinski definition) is 5. The highest BCUT2D eigenvalue weighted by molar-refractivity contribution is 7.99. The van der Waals surface area contributed by atoms with Crippen LogP contribution in [-0.4, -0.2) is 42.7 Å². The van der Waals surface area contributed by atoms with Crippen molar-refractivity contribution in [1.29, 1.82) is 0 Å². The Labute approximate surface area is 202 Å². The summed E-state index contributed by atoms with van der Waals surface area (Å²) < 4.78 is 23.9. The van der Waals surface area contributed by atoms with Gasteiger partial charge < -0.3 is 19.7 Å². The molecule has 0 aliphatic carbocycles. The molecule has 0 radical (unpaired) electrons. The maximum atomic E-state index is 13.8. The molecular weight excluding hydrogens is 455 g/mol. The molecule has 0 spiro atoms. The molecule has 1 N–H and O–H groups in total. The zero-order chi connectivity index (χ0) is 24.1. The molecule has 2 unspecified atom stereocenters. The second-order valence-electron chi connectivity index (χ2n) is 7.77. The minimum Gasteiger partial charge on any atom is -0.497 e. The molecule has 8 heteroatoms. The molecule has 176 valence electrons. The second kappa shape index (κ2) is 10.6. The van der Waals surface area contributed by atoms with Gasteiger partial charge in [0.2, 0.25) is 5.91 Å². The number of thioether (sulfide) groups is 1. The van der Waals surface area contributed by atoms with Crippen LogP contribution < -0.4 is 14.8 Å². The van der Waals surface area contributed by atoms with Crippen LogP contribution >= 0.6 is 11.8 Å². The molecule has 0 saturated carbocycles. The third-order valence-electron chi connectivity index (χ3n) is 5.60. The predicted molar refractivity (Wildman–Crippen MR) is 129 cm³/mol. The van der Waals surface area contributed by atoms with Gasteiger partial charge in [-0.3, -0.25) is 9.59 Å². The number of carbonyl (C=O) groups is 2. The summed E-state index contributed by atoms with van der Waals surface area (Å²) in [6.45, 7) is 0.241. The Hall–Kier alpha value is -3.52. The average molecular weight is 481 g/mol. The molecule has 1 saturated heterocycles. The van der Waals surface area contributed by atoms with Crippen LogP contribution in [0.1, 0.15) is 26.9 Å². The van der Waals surface area contributed by atoms with Crippen molar-refractivity contribution in [1.82, 2.24) is 10.2 Å². The first-order valence-electron chi connectivity index (χ1n) is 10.7. The lowest BCUT2D eigenvalue weighted by Crippen LogP contribution is -2.47. The molecule has 3 aromatic carbocycles. The van der Waals surface area contributed by atoms with Crippen molar-refractivity contribution in [2.75, 3.05) is 20.0 Å². The van der Waals surface area contributed by atoms with E-state index in [4.69, 9.17) is 9.47 Å². The van der Waals surface area contributed by atoms with Gasteiger partial charge in [-0.2, -0.15) is 0 Å². The van der Waals surface area contributed by atoms with E-state index < -0.39 is 6.04 Å². The van der Waals surface area contributed by atoms with E-state index in [0.717, 1.165) is 11.1 Å². The minimum atomic E-state index is -0.680. The Morgan fingerprint density at radius 1 is 1.00 bits per heavy atom. The lowest BCUT2D eigenvalue weighted by molar-refractivity contribution is -0.125. The van der Waals surface area contributed by atoms with Crippen molar-refractivity contribution in [2.24, 2.45) is 0 Å². The maximum absolute atomic E-state index is 13.8. The van der Waals surface area contributed by atoms with Crippen LogP contribution in [-0.2, 0) is 11.3 Å². The van der Waals surface area contributed by atoms with Crippen LogP contribution in [0, 0.1) is 5.82 Å². The normalized spacial score (nSPS) is 17.3. The number of methoxy groups -OCH3 is 2. The molecule has 1 fully saturated rings. The first-order valence-corrected chi connectivity index (χ1v) is 11.8. The van der Waals surface area contributed by atoms with Crippen molar-refractivity contribution >= 4 is 23.6 Å². The van der Waals surface area contributed by atoms with Crippen LogP contribution in [0.5, 0.6) is 11.5 Å². The van der Waals surface area contributed by atoms with E-state index in [1.807, 2.05) is 30.3 Å². The highest BCUT2D eigenvalue weighted by Gasteiger charge is 2.42. The number of carbonyl (C=O) groups excluding carboxylic acids is 2. The lowest BCUT2D eigenvalue weighted by Gasteiger charge is -2.29. The van der Waals surface area contributed by atoms with E-state index in [0.29, 0.717) is 22.8 Å². The molecule has 0 bridgehead atoms. The van der Waals surface area contributed by atoms with Crippen LogP contribution in [0.15, 0.2) is 72.8 Å². The molecule has 6 nitrogen and oxygen atoms in total. The predicted octanol–water partition coefficient (Wildman–Crippen LogP) is 4.42. The number of rotatable bonds is 7. The highest BCUT2D eigenvalue weighted by atomic mass is 32.2. The topological polar surface area (TPSA) is 67.9 Å². The molecule has 2 amide bonds. The first kappa shape index (κ1) is 23.6. The molecule has 0 aromatic heterocycles. The number of benzene rings is 3. The van der Waals surface area contributed by atoms with Crippen molar-refractivity contribution in [3.63, 3.8) is 0 Å². The van der Waals surface area contributed by atoms with Gasteiger partial charge in [0.25, 0.3) is 5.91 Å². The highest BCUT2D eigenvalue weighted by Crippen LogP contribution is 2.42. The summed E-state index contributed by atoms with van der Waals surface area (Å²) in [6, 6.07) is 19.9. The van der Waals surface area contributed by atoms with Crippen LogP contribution in [0.4, 0.5) is 4.39 Å². The van der Waals surface area contributed by atoms with Gasteiger partial charge in [0.15, 0.2) is 0 Å². The first-order chi connectivity index (χ1) is 16.5. The van der Waals surface area contributed by atoms with Gasteiger partial charge >= 0.3 is 0 Å². The number of hydrogen-bond donors (Lipinski definition) is 1. The summed E-state index contributed by atoms with van der Waals surface area (Å²) in [7, 11) is 3.04. The maximum Gasteiger partial charge on any atom is 0.256 e. The summed E-state index contributed by atoms with van der Waals surface area (Å²) in [6.07, 6.45) is 0. The van der Waals surface area contributed by atoms with Gasteiger partial charge in [0.05, 0.1) is 14.2 Å². The van der Waals surface area contributed by atoms with Crippen LogP contribution in [0.2, 0.25) is 0 Å². The minimum absolute atomic E-state index is 0.241. The second-order valence-corrected chi connectivity index (χ2v) is 8.88. The van der Waals surface area contributed by atoms with Crippen LogP contribution in [0.25, 0.3) is 0 Å². The molecule has 3 aromatic rings. The average Bonchev–Trinajstić information content (AvgIpc) is 3.33. The summed E-state index contributed by atoms with van der Waals surface area (Å²) in [5.41, 5.74) is 2.08. The third kappa shape index (κ3) is 5.17. The van der Waals surface area contributed by atoms with Gasteiger partial charge in [0, 0.05) is 23.9 Å². The van der Waals surface area contributed by atoms with Gasteiger partial charge in [-0.05, 0) is 35.4 Å². The Bertz CT molecular complexity index is 1130. The Kier molecular flexibility index (Phi) is 7.37. The summed E-state index contributed by atoms with van der Waals surface area (Å²) in [5.74, 6) is 0.530. The van der Waals surface area contributed by atoms with Gasteiger partial charge in [-0.25, -0.2) is 4.39 Å². The van der Waals surface area contributed by atoms with E-state index in [9.17, 15) is 14.0 Å². The van der Waals surface area contributed by atoms with E-state index in [1.54, 1.807) is 35.2 Å². The fourth-order valence-corrected chi connectivity index (χ4v) is 5.25. The zero-order valence-corrected chi connectivity index (χ0v) is 19.7. The van der Waals surface area contributed by atoms with Crippen molar-refractivity contribution in [3.8, 4) is 11.5 Å². The summed E-state index contributed by atoms with van der Waals surface area (Å²) >= 11 is 1.54. The lowest BCUT2D eigenvalue weighted by atomic mass is 10.1. The standard InChI is InChI=1S/C26H25FN2O4S/c1-32-21-12-19(13-22(14-21)33-2)25(31)29-23(16-34-26(29)18-6-4-3-5-7-18)24(30)28-15-17-8-10-20(27)11-9-17/h3-14,23,26H,15-16H2,1-2H3,(H,28,30). The molecule has 1 heterocycles. The fourth-order valence-electron chi connectivity index (χ4n) is 3.82. The number of halogens is 1. The molecule has 2 atom stereocenters. The van der Waals surface area contributed by atoms with Crippen molar-refractivity contribution < 1.29 is 23.5 Å². The fraction of sp³-hybridized carbons (Fsp3) is 0.231. The summed E-state index contributed by atoms with van der Waals surface area (Å²) in [5, 5.41) is 2.57. The third-order valence-corrected chi connectivity index (χ3v) is 6.92. The quantitative estimate of drug-likeness (QED) is 0.543. The molecule has 34 heavy (non-hydrogen) atoms. The van der Waals surface area contributed by atoms with Gasteiger partial charge in [0.1, 0.15) is 28.7 Å². The Morgan fingerprint density at radius 3 is 2.26 bits per heavy atom. The van der Waals surface area contributed by atoms with E-state index in [2.05, 4.69) is 5.32 Å². The van der Waals surface area contributed by atoms with E-state index in [-0.39, 0.29) is 29.6 Å². The monoisotopic (exact) mass is 480 g/mol. The van der Waals surface area contributed by atoms with Gasteiger partial charge in [-0.1, -0.05) is 42.5 Å². The number of nitrogens with zero attached hydrogens (tertiary/aromatic N) is 1. The van der Waals surface area contributed by atoms with E-state index >= 15 is 0 Å². The smallest absolute Gasteiger partial charge is 0.256 e. The van der Waals surface area contributed by atoms with Crippen LogP contribution in [0.3, 0.4) is 0 Å². The van der Waals surface area contributed by atoms with Crippen molar-refractivity contribution in [2.45, 2.75) is 18.0 Å². The molecule has 1 aliphatic heterocycles. The largest absolute Gasteiger partial charge is 0.497 e. The van der Waals surface area contributed by atoms with E-state index in [1.165, 1.54) is 38.1 Å².